The Balaban J connectivity index is 2.09. The van der Waals surface area contributed by atoms with Crippen LogP contribution in [0.5, 0.6) is 0 Å². The van der Waals surface area contributed by atoms with Crippen molar-refractivity contribution in [3.05, 3.63) is 63.4 Å². The lowest BCUT2D eigenvalue weighted by Crippen LogP contribution is -2.01. The van der Waals surface area contributed by atoms with Crippen molar-refractivity contribution >= 4 is 36.9 Å². The van der Waals surface area contributed by atoms with Crippen LogP contribution in [0.4, 0.5) is 4.39 Å². The smallest absolute Gasteiger partial charge is 0.178 e. The molecule has 1 aliphatic rings. The van der Waals surface area contributed by atoms with Gasteiger partial charge in [0.15, 0.2) is 9.84 Å². The molecule has 0 saturated heterocycles. The van der Waals surface area contributed by atoms with Crippen LogP contribution >= 0.6 is 15.9 Å². The van der Waals surface area contributed by atoms with Crippen molar-refractivity contribution < 1.29 is 12.8 Å². The number of halogens is 2. The molecule has 24 heavy (non-hydrogen) atoms. The largest absolute Gasteiger partial charge is 0.224 e. The summed E-state index contributed by atoms with van der Waals surface area (Å²) in [6, 6.07) is 10.7. The second kappa shape index (κ2) is 6.45. The molecule has 0 heterocycles. The van der Waals surface area contributed by atoms with E-state index in [1.165, 1.54) is 23.3 Å². The van der Waals surface area contributed by atoms with Crippen LogP contribution in [0.1, 0.15) is 36.0 Å². The van der Waals surface area contributed by atoms with E-state index < -0.39 is 15.7 Å². The van der Waals surface area contributed by atoms with Crippen LogP contribution in [0, 0.1) is 12.7 Å². The van der Waals surface area contributed by atoms with Gasteiger partial charge in [0, 0.05) is 10.7 Å². The van der Waals surface area contributed by atoms with Crippen LogP contribution in [0.15, 0.2) is 45.8 Å². The predicted molar refractivity (Wildman–Crippen MR) is 99.1 cm³/mol. The highest BCUT2D eigenvalue weighted by Crippen LogP contribution is 2.41. The molecular formula is C19H18BrFO2S. The SMILES string of the molecule is Cc1ccc(C2=C(c3ccc(S(C)(=O)=O)c(F)c3)CCC2)cc1Br. The fourth-order valence-electron chi connectivity index (χ4n) is 3.15. The van der Waals surface area contributed by atoms with Crippen LogP contribution in [0.2, 0.25) is 0 Å². The number of aryl methyl sites for hydroxylation is 1. The van der Waals surface area contributed by atoms with E-state index in [2.05, 4.69) is 34.1 Å². The van der Waals surface area contributed by atoms with Crippen molar-refractivity contribution in [2.24, 2.45) is 0 Å². The van der Waals surface area contributed by atoms with Gasteiger partial charge in [-0.1, -0.05) is 34.1 Å². The van der Waals surface area contributed by atoms with Gasteiger partial charge in [-0.2, -0.15) is 0 Å². The van der Waals surface area contributed by atoms with Gasteiger partial charge >= 0.3 is 0 Å². The zero-order valence-electron chi connectivity index (χ0n) is 13.6. The van der Waals surface area contributed by atoms with E-state index in [0.717, 1.165) is 46.7 Å². The first-order valence-electron chi connectivity index (χ1n) is 7.76. The van der Waals surface area contributed by atoms with Gasteiger partial charge in [0.25, 0.3) is 0 Å². The summed E-state index contributed by atoms with van der Waals surface area (Å²) in [5, 5.41) is 0. The zero-order valence-corrected chi connectivity index (χ0v) is 16.0. The zero-order chi connectivity index (χ0) is 17.5. The highest BCUT2D eigenvalue weighted by atomic mass is 79.9. The third kappa shape index (κ3) is 3.33. The molecule has 3 rings (SSSR count). The molecule has 1 aliphatic carbocycles. The summed E-state index contributed by atoms with van der Waals surface area (Å²) in [6.07, 6.45) is 3.86. The molecule has 0 amide bonds. The maximum Gasteiger partial charge on any atom is 0.178 e. The van der Waals surface area contributed by atoms with E-state index in [4.69, 9.17) is 0 Å². The summed E-state index contributed by atoms with van der Waals surface area (Å²) in [7, 11) is -3.55. The molecule has 0 saturated carbocycles. The Bertz CT molecular complexity index is 946. The monoisotopic (exact) mass is 408 g/mol. The molecule has 0 N–H and O–H groups in total. The Kier molecular flexibility index (Phi) is 4.67. The predicted octanol–water partition coefficient (Wildman–Crippen LogP) is 5.39. The fourth-order valence-corrected chi connectivity index (χ4v) is 4.26. The Hall–Kier alpha value is -1.46. The topological polar surface area (TPSA) is 34.1 Å². The Morgan fingerprint density at radius 2 is 1.58 bits per heavy atom. The number of benzene rings is 2. The summed E-state index contributed by atoms with van der Waals surface area (Å²) in [5.74, 6) is -0.682. The normalized spacial score (nSPS) is 15.2. The molecule has 0 bridgehead atoms. The number of sulfone groups is 1. The van der Waals surface area contributed by atoms with Crippen LogP contribution < -0.4 is 0 Å². The summed E-state index contributed by atoms with van der Waals surface area (Å²) >= 11 is 3.56. The first-order chi connectivity index (χ1) is 11.3. The number of rotatable bonds is 3. The van der Waals surface area contributed by atoms with E-state index in [0.29, 0.717) is 0 Å². The highest BCUT2D eigenvalue weighted by Gasteiger charge is 2.20. The van der Waals surface area contributed by atoms with E-state index in [1.807, 2.05) is 6.92 Å². The van der Waals surface area contributed by atoms with Crippen molar-refractivity contribution in [1.82, 2.24) is 0 Å². The van der Waals surface area contributed by atoms with Gasteiger partial charge in [0.1, 0.15) is 10.7 Å². The molecule has 0 fully saturated rings. The lowest BCUT2D eigenvalue weighted by atomic mass is 9.96. The first-order valence-corrected chi connectivity index (χ1v) is 10.4. The second-order valence-electron chi connectivity index (χ2n) is 6.19. The Morgan fingerprint density at radius 1 is 1.00 bits per heavy atom. The average Bonchev–Trinajstić information content (AvgIpc) is 2.98. The van der Waals surface area contributed by atoms with Crippen LogP contribution in [0.25, 0.3) is 11.1 Å². The van der Waals surface area contributed by atoms with Crippen LogP contribution in [0.3, 0.4) is 0 Å². The third-order valence-corrected chi connectivity index (χ3v) is 6.40. The number of hydrogen-bond acceptors (Lipinski definition) is 2. The van der Waals surface area contributed by atoms with Gasteiger partial charge < -0.3 is 0 Å². The fraction of sp³-hybridized carbons (Fsp3) is 0.263. The van der Waals surface area contributed by atoms with Gasteiger partial charge in [-0.3, -0.25) is 0 Å². The number of allylic oxidation sites excluding steroid dienone is 2. The first kappa shape index (κ1) is 17.4. The summed E-state index contributed by atoms with van der Waals surface area (Å²) in [5.41, 5.74) is 5.38. The Labute approximate surface area is 150 Å². The van der Waals surface area contributed by atoms with Gasteiger partial charge in [0.05, 0.1) is 0 Å². The van der Waals surface area contributed by atoms with Gasteiger partial charge in [-0.25, -0.2) is 12.8 Å². The molecule has 2 nitrogen and oxygen atoms in total. The van der Waals surface area contributed by atoms with Crippen molar-refractivity contribution in [3.8, 4) is 0 Å². The lowest BCUT2D eigenvalue weighted by molar-refractivity contribution is 0.570. The quantitative estimate of drug-likeness (QED) is 0.681. The van der Waals surface area contributed by atoms with Gasteiger partial charge in [0.2, 0.25) is 0 Å². The van der Waals surface area contributed by atoms with E-state index in [1.54, 1.807) is 6.07 Å². The molecule has 0 aromatic heterocycles. The third-order valence-electron chi connectivity index (χ3n) is 4.42. The van der Waals surface area contributed by atoms with Crippen molar-refractivity contribution in [2.75, 3.05) is 6.26 Å². The molecule has 5 heteroatoms. The summed E-state index contributed by atoms with van der Waals surface area (Å²) in [6.45, 7) is 2.04. The molecule has 0 atom stereocenters. The minimum absolute atomic E-state index is 0.246. The molecule has 126 valence electrons. The molecule has 0 aliphatic heterocycles. The highest BCUT2D eigenvalue weighted by molar-refractivity contribution is 9.10. The standard InChI is InChI=1S/C19H18BrFO2S/c1-12-6-7-13(10-17(12)20)15-4-3-5-16(15)14-8-9-19(18(21)11-14)24(2,22)23/h6-11H,3-5H2,1-2H3. The van der Waals surface area contributed by atoms with E-state index in [-0.39, 0.29) is 4.90 Å². The minimum atomic E-state index is -3.55. The van der Waals surface area contributed by atoms with Crippen molar-refractivity contribution in [3.63, 3.8) is 0 Å². The lowest BCUT2D eigenvalue weighted by Gasteiger charge is -2.11. The van der Waals surface area contributed by atoms with E-state index >= 15 is 0 Å². The van der Waals surface area contributed by atoms with Crippen LogP contribution in [-0.4, -0.2) is 14.7 Å². The Morgan fingerprint density at radius 3 is 2.12 bits per heavy atom. The maximum atomic E-state index is 14.2. The van der Waals surface area contributed by atoms with E-state index in [9.17, 15) is 12.8 Å². The molecule has 2 aromatic rings. The maximum absolute atomic E-state index is 14.2. The van der Waals surface area contributed by atoms with Gasteiger partial charge in [-0.15, -0.1) is 0 Å². The summed E-state index contributed by atoms with van der Waals surface area (Å²) < 4.78 is 38.5. The number of hydrogen-bond donors (Lipinski definition) is 0. The van der Waals surface area contributed by atoms with Gasteiger partial charge in [-0.05, 0) is 72.2 Å². The molecule has 0 spiro atoms. The van der Waals surface area contributed by atoms with Crippen LogP contribution in [-0.2, 0) is 9.84 Å². The molecule has 0 radical (unpaired) electrons. The molecule has 2 aromatic carbocycles. The average molecular weight is 409 g/mol. The second-order valence-corrected chi connectivity index (χ2v) is 9.03. The van der Waals surface area contributed by atoms with Crippen molar-refractivity contribution in [1.29, 1.82) is 0 Å². The van der Waals surface area contributed by atoms with Crippen molar-refractivity contribution in [2.45, 2.75) is 31.1 Å². The minimum Gasteiger partial charge on any atom is -0.224 e. The summed E-state index contributed by atoms with van der Waals surface area (Å²) in [4.78, 5) is -0.246. The molecular weight excluding hydrogens is 391 g/mol. The molecule has 0 unspecified atom stereocenters.